The first kappa shape index (κ1) is 22.9. The molecule has 0 atom stereocenters. The summed E-state index contributed by atoms with van der Waals surface area (Å²) in [4.78, 5) is 25.3. The number of nitro benzene ring substituents is 2. The van der Waals surface area contributed by atoms with Crippen LogP contribution in [0.4, 0.5) is 17.1 Å². The number of benzene rings is 3. The molecule has 0 saturated heterocycles. The summed E-state index contributed by atoms with van der Waals surface area (Å²) in [5, 5.41) is 23.0. The fourth-order valence-corrected chi connectivity index (χ4v) is 4.06. The smallest absolute Gasteiger partial charge is 0.318 e. The summed E-state index contributed by atoms with van der Waals surface area (Å²) in [6.07, 6.45) is 1.53. The van der Waals surface area contributed by atoms with Gasteiger partial charge in [0.05, 0.1) is 26.1 Å². The third-order valence-electron chi connectivity index (χ3n) is 4.11. The highest BCUT2D eigenvalue weighted by Gasteiger charge is 2.23. The molecule has 3 rings (SSSR count). The number of halogens is 3. The molecule has 0 bridgehead atoms. The number of nitro groups is 2. The Bertz CT molecular complexity index is 1230. The van der Waals surface area contributed by atoms with Gasteiger partial charge in [0.2, 0.25) is 5.75 Å². The van der Waals surface area contributed by atoms with Crippen molar-refractivity contribution in [2.45, 2.75) is 6.92 Å². The van der Waals surface area contributed by atoms with E-state index in [1.54, 1.807) is 24.3 Å². The van der Waals surface area contributed by atoms with Crippen LogP contribution in [-0.4, -0.2) is 16.1 Å². The maximum Gasteiger partial charge on any atom is 0.318 e. The lowest BCUT2D eigenvalue weighted by Crippen LogP contribution is -1.98. The number of aliphatic imine (C=N–C) groups is 1. The van der Waals surface area contributed by atoms with Crippen molar-refractivity contribution in [1.29, 1.82) is 0 Å². The number of hydrogen-bond acceptors (Lipinski definition) is 6. The van der Waals surface area contributed by atoms with Crippen molar-refractivity contribution in [3.05, 3.63) is 93.9 Å². The number of non-ortho nitro benzene ring substituents is 1. The summed E-state index contributed by atoms with van der Waals surface area (Å²) >= 11 is 12.9. The summed E-state index contributed by atoms with van der Waals surface area (Å²) in [5.74, 6) is 0.105. The zero-order chi connectivity index (χ0) is 22.7. The zero-order valence-electron chi connectivity index (χ0n) is 15.7. The van der Waals surface area contributed by atoms with Gasteiger partial charge in [0.25, 0.3) is 5.69 Å². The van der Waals surface area contributed by atoms with Gasteiger partial charge >= 0.3 is 5.69 Å². The van der Waals surface area contributed by atoms with Crippen LogP contribution in [0.1, 0.15) is 11.1 Å². The molecular formula is C20H12Br2ClN3O5. The fraction of sp³-hybridized carbons (Fsp3) is 0.0500. The Hall–Kier alpha value is -2.82. The van der Waals surface area contributed by atoms with Gasteiger partial charge in [-0.1, -0.05) is 33.6 Å². The van der Waals surface area contributed by atoms with Crippen molar-refractivity contribution in [2.75, 3.05) is 0 Å². The molecule has 0 heterocycles. The van der Waals surface area contributed by atoms with Gasteiger partial charge in [-0.15, -0.1) is 0 Å². The number of nitrogens with zero attached hydrogens (tertiary/aromatic N) is 3. The maximum absolute atomic E-state index is 11.4. The van der Waals surface area contributed by atoms with E-state index in [0.29, 0.717) is 25.2 Å². The normalized spacial score (nSPS) is 11.0. The van der Waals surface area contributed by atoms with Crippen molar-refractivity contribution in [3.8, 4) is 11.5 Å². The van der Waals surface area contributed by atoms with Crippen LogP contribution >= 0.6 is 43.5 Å². The van der Waals surface area contributed by atoms with Crippen LogP contribution in [0.5, 0.6) is 11.5 Å². The Morgan fingerprint density at radius 1 is 1.03 bits per heavy atom. The summed E-state index contributed by atoms with van der Waals surface area (Å²) in [6.45, 7) is 1.88. The molecule has 0 N–H and O–H groups in total. The summed E-state index contributed by atoms with van der Waals surface area (Å²) in [7, 11) is 0. The number of ether oxygens (including phenoxy) is 1. The highest BCUT2D eigenvalue weighted by atomic mass is 79.9. The standard InChI is InChI=1S/C20H12Br2ClN3O5/c1-11-2-3-14(8-17(11)23)24-10-12-6-13(21)7-16(22)20(12)31-19-5-4-15(25(27)28)9-18(19)26(29)30/h2-10H,1H3. The Morgan fingerprint density at radius 2 is 1.77 bits per heavy atom. The largest absolute Gasteiger partial charge is 0.448 e. The molecule has 31 heavy (non-hydrogen) atoms. The maximum atomic E-state index is 11.4. The average molecular weight is 570 g/mol. The van der Waals surface area contributed by atoms with E-state index in [2.05, 4.69) is 36.9 Å². The van der Waals surface area contributed by atoms with Crippen molar-refractivity contribution in [2.24, 2.45) is 4.99 Å². The molecule has 0 radical (unpaired) electrons. The first-order chi connectivity index (χ1) is 14.7. The predicted octanol–water partition coefficient (Wildman–Crippen LogP) is 7.53. The Morgan fingerprint density at radius 3 is 2.42 bits per heavy atom. The molecule has 0 saturated carbocycles. The predicted molar refractivity (Wildman–Crippen MR) is 125 cm³/mol. The Balaban J connectivity index is 2.04. The minimum Gasteiger partial charge on any atom is -0.448 e. The van der Waals surface area contributed by atoms with E-state index in [-0.39, 0.29) is 11.5 Å². The first-order valence-corrected chi connectivity index (χ1v) is 10.5. The lowest BCUT2D eigenvalue weighted by Gasteiger charge is -2.12. The van der Waals surface area contributed by atoms with E-state index in [9.17, 15) is 20.2 Å². The molecule has 8 nitrogen and oxygen atoms in total. The topological polar surface area (TPSA) is 108 Å². The summed E-state index contributed by atoms with van der Waals surface area (Å²) in [5.41, 5.74) is 1.09. The van der Waals surface area contributed by atoms with Crippen LogP contribution < -0.4 is 4.74 Å². The molecule has 3 aromatic carbocycles. The monoisotopic (exact) mass is 567 g/mol. The molecule has 158 valence electrons. The van der Waals surface area contributed by atoms with E-state index in [1.165, 1.54) is 12.3 Å². The molecule has 0 fully saturated rings. The van der Waals surface area contributed by atoms with Crippen molar-refractivity contribution in [3.63, 3.8) is 0 Å². The minimum absolute atomic E-state index is 0.147. The van der Waals surface area contributed by atoms with Gasteiger partial charge in [-0.3, -0.25) is 25.2 Å². The van der Waals surface area contributed by atoms with Crippen LogP contribution in [0.25, 0.3) is 0 Å². The van der Waals surface area contributed by atoms with Crippen molar-refractivity contribution < 1.29 is 14.6 Å². The third-order valence-corrected chi connectivity index (χ3v) is 5.56. The zero-order valence-corrected chi connectivity index (χ0v) is 19.6. The van der Waals surface area contributed by atoms with Crippen LogP contribution in [0.2, 0.25) is 5.02 Å². The van der Waals surface area contributed by atoms with E-state index >= 15 is 0 Å². The molecule has 0 amide bonds. The lowest BCUT2D eigenvalue weighted by atomic mass is 10.2. The molecule has 3 aromatic rings. The molecule has 0 aliphatic rings. The van der Waals surface area contributed by atoms with Gasteiger partial charge < -0.3 is 4.74 Å². The summed E-state index contributed by atoms with van der Waals surface area (Å²) < 4.78 is 7.02. The molecule has 0 aromatic heterocycles. The molecule has 0 aliphatic heterocycles. The lowest BCUT2D eigenvalue weighted by molar-refractivity contribution is -0.394. The first-order valence-electron chi connectivity index (χ1n) is 8.55. The van der Waals surface area contributed by atoms with Gasteiger partial charge in [-0.2, -0.15) is 0 Å². The van der Waals surface area contributed by atoms with E-state index in [4.69, 9.17) is 16.3 Å². The number of hydrogen-bond donors (Lipinski definition) is 0. The SMILES string of the molecule is Cc1ccc(N=Cc2cc(Br)cc(Br)c2Oc2ccc([N+](=O)[O-])cc2[N+](=O)[O-])cc1Cl. The van der Waals surface area contributed by atoms with Gasteiger partial charge in [0.15, 0.2) is 5.75 Å². The van der Waals surface area contributed by atoms with Gasteiger partial charge in [-0.05, 0) is 58.7 Å². The number of aryl methyl sites for hydroxylation is 1. The summed E-state index contributed by atoms with van der Waals surface area (Å²) in [6, 6.07) is 11.9. The van der Waals surface area contributed by atoms with Crippen molar-refractivity contribution in [1.82, 2.24) is 0 Å². The van der Waals surface area contributed by atoms with E-state index < -0.39 is 21.2 Å². The highest BCUT2D eigenvalue weighted by Crippen LogP contribution is 2.40. The molecule has 0 spiro atoms. The highest BCUT2D eigenvalue weighted by molar-refractivity contribution is 9.11. The van der Waals surface area contributed by atoms with E-state index in [1.807, 2.05) is 13.0 Å². The van der Waals surface area contributed by atoms with Crippen LogP contribution in [-0.2, 0) is 0 Å². The fourth-order valence-electron chi connectivity index (χ4n) is 2.55. The van der Waals surface area contributed by atoms with E-state index in [0.717, 1.165) is 17.7 Å². The van der Waals surface area contributed by atoms with Gasteiger partial charge in [-0.25, -0.2) is 0 Å². The second-order valence-corrected chi connectivity index (χ2v) is 8.44. The quantitative estimate of drug-likeness (QED) is 0.173. The Kier molecular flexibility index (Phi) is 7.04. The molecular weight excluding hydrogens is 557 g/mol. The molecule has 0 aliphatic carbocycles. The molecule has 0 unspecified atom stereocenters. The third kappa shape index (κ3) is 5.46. The van der Waals surface area contributed by atoms with Crippen molar-refractivity contribution >= 4 is 66.7 Å². The minimum atomic E-state index is -0.739. The van der Waals surface area contributed by atoms with Gasteiger partial charge in [0, 0.05) is 27.3 Å². The second-order valence-electron chi connectivity index (χ2n) is 6.27. The Labute approximate surface area is 198 Å². The average Bonchev–Trinajstić information content (AvgIpc) is 2.70. The van der Waals surface area contributed by atoms with Crippen LogP contribution in [0.3, 0.4) is 0 Å². The second kappa shape index (κ2) is 9.54. The van der Waals surface area contributed by atoms with Crippen LogP contribution in [0, 0.1) is 27.2 Å². The van der Waals surface area contributed by atoms with Crippen LogP contribution in [0.15, 0.2) is 62.5 Å². The molecule has 11 heteroatoms. The van der Waals surface area contributed by atoms with Gasteiger partial charge in [0.1, 0.15) is 0 Å². The number of rotatable bonds is 6.